The molecule has 0 amide bonds. The summed E-state index contributed by atoms with van der Waals surface area (Å²) >= 11 is 7.90. The topological polar surface area (TPSA) is 80.3 Å². The van der Waals surface area contributed by atoms with Gasteiger partial charge in [0.15, 0.2) is 0 Å². The fraction of sp³-hybridized carbons (Fsp3) is 0.185. The van der Waals surface area contributed by atoms with Gasteiger partial charge in [0, 0.05) is 16.5 Å². The molecule has 0 radical (unpaired) electrons. The highest BCUT2D eigenvalue weighted by atomic mass is 127. The Labute approximate surface area is 244 Å². The molecule has 0 saturated heterocycles. The Morgan fingerprint density at radius 3 is 2.64 bits per heavy atom. The highest BCUT2D eigenvalue weighted by Gasteiger charge is 2.13. The lowest BCUT2D eigenvalue weighted by Gasteiger charge is -2.12. The van der Waals surface area contributed by atoms with Gasteiger partial charge in [-0.15, -0.1) is 0 Å². The van der Waals surface area contributed by atoms with Crippen LogP contribution in [0.2, 0.25) is 0 Å². The molecule has 0 atom stereocenters. The molecule has 3 aromatic carbocycles. The predicted octanol–water partition coefficient (Wildman–Crippen LogP) is 7.04. The molecule has 182 valence electrons. The Kier molecular flexibility index (Phi) is 9.14. The zero-order valence-corrected chi connectivity index (χ0v) is 25.2. The molecule has 0 saturated carbocycles. The van der Waals surface area contributed by atoms with E-state index in [2.05, 4.69) is 79.2 Å². The van der Waals surface area contributed by atoms with Crippen LogP contribution >= 0.6 is 61.1 Å². The lowest BCUT2D eigenvalue weighted by molar-refractivity contribution is 0.301. The summed E-state index contributed by atoms with van der Waals surface area (Å²) < 4.78 is 10.1. The molecule has 0 N–H and O–H groups in total. The fourth-order valence-corrected chi connectivity index (χ4v) is 6.12. The van der Waals surface area contributed by atoms with Crippen LogP contribution in [0, 0.1) is 18.5 Å². The van der Waals surface area contributed by atoms with Gasteiger partial charge in [-0.3, -0.25) is 4.79 Å². The van der Waals surface area contributed by atoms with Crippen LogP contribution in [0.3, 0.4) is 0 Å². The number of unbranched alkanes of at least 4 members (excludes halogenated alkanes) is 1. The zero-order chi connectivity index (χ0) is 25.7. The predicted molar refractivity (Wildman–Crippen MR) is 163 cm³/mol. The van der Waals surface area contributed by atoms with Gasteiger partial charge in [0.2, 0.25) is 0 Å². The van der Waals surface area contributed by atoms with Crippen LogP contribution < -0.4 is 10.3 Å². The number of aryl methyl sites for hydroxylation is 1. The van der Waals surface area contributed by atoms with Crippen molar-refractivity contribution in [2.45, 2.75) is 32.8 Å². The molecule has 0 bridgehead atoms. The molecule has 4 rings (SSSR count). The van der Waals surface area contributed by atoms with Crippen LogP contribution in [-0.2, 0) is 13.0 Å². The summed E-state index contributed by atoms with van der Waals surface area (Å²) in [6.07, 6.45) is 4.26. The third-order valence-electron chi connectivity index (χ3n) is 5.48. The van der Waals surface area contributed by atoms with E-state index in [0.29, 0.717) is 35.3 Å². The van der Waals surface area contributed by atoms with Crippen molar-refractivity contribution >= 4 is 78.2 Å². The number of ether oxygens (including phenoxy) is 1. The number of halogens is 3. The first-order valence-corrected chi connectivity index (χ1v) is 14.2. The summed E-state index contributed by atoms with van der Waals surface area (Å²) in [5, 5.41) is 14.4. The van der Waals surface area contributed by atoms with Crippen LogP contribution in [0.25, 0.3) is 10.9 Å². The summed E-state index contributed by atoms with van der Waals surface area (Å²) in [4.78, 5) is 18.0. The van der Waals surface area contributed by atoms with Gasteiger partial charge in [-0.1, -0.05) is 47.5 Å². The lowest BCUT2D eigenvalue weighted by atomic mass is 10.1. The van der Waals surface area contributed by atoms with E-state index in [1.165, 1.54) is 4.68 Å². The average Bonchev–Trinajstić information content (AvgIpc) is 2.87. The molecule has 0 aliphatic carbocycles. The van der Waals surface area contributed by atoms with Crippen LogP contribution in [0.15, 0.2) is 69.0 Å². The van der Waals surface area contributed by atoms with E-state index in [9.17, 15) is 10.1 Å². The molecular formula is C27H21BrI2N4O2. The molecule has 0 unspecified atom stereocenters. The Bertz CT molecular complexity index is 1540. The molecule has 1 heterocycles. The van der Waals surface area contributed by atoms with Crippen molar-refractivity contribution in [2.24, 2.45) is 5.10 Å². The number of nitrogens with zero attached hydrogens (tertiary/aromatic N) is 4. The van der Waals surface area contributed by atoms with Gasteiger partial charge in [-0.25, -0.2) is 4.98 Å². The van der Waals surface area contributed by atoms with Crippen LogP contribution in [-0.4, -0.2) is 15.9 Å². The van der Waals surface area contributed by atoms with E-state index in [0.717, 1.165) is 41.3 Å². The Morgan fingerprint density at radius 2 is 1.92 bits per heavy atom. The van der Waals surface area contributed by atoms with Crippen LogP contribution in [0.4, 0.5) is 0 Å². The van der Waals surface area contributed by atoms with Gasteiger partial charge < -0.3 is 4.74 Å². The molecule has 36 heavy (non-hydrogen) atoms. The summed E-state index contributed by atoms with van der Waals surface area (Å²) in [7, 11) is 0. The Balaban J connectivity index is 1.65. The smallest absolute Gasteiger partial charge is 0.282 e. The highest BCUT2D eigenvalue weighted by Crippen LogP contribution is 2.29. The summed E-state index contributed by atoms with van der Waals surface area (Å²) in [6.45, 7) is 2.41. The Morgan fingerprint density at radius 1 is 1.17 bits per heavy atom. The molecular weight excluding hydrogens is 746 g/mol. The van der Waals surface area contributed by atoms with E-state index in [1.54, 1.807) is 18.3 Å². The van der Waals surface area contributed by atoms with Gasteiger partial charge in [-0.05, 0) is 93.6 Å². The lowest BCUT2D eigenvalue weighted by Crippen LogP contribution is -2.22. The quantitative estimate of drug-likeness (QED) is 0.142. The second-order valence-corrected chi connectivity index (χ2v) is 11.3. The van der Waals surface area contributed by atoms with E-state index in [-0.39, 0.29) is 5.56 Å². The van der Waals surface area contributed by atoms with E-state index in [4.69, 9.17) is 9.72 Å². The first-order chi connectivity index (χ1) is 17.4. The van der Waals surface area contributed by atoms with Gasteiger partial charge >= 0.3 is 0 Å². The van der Waals surface area contributed by atoms with E-state index in [1.807, 2.05) is 42.5 Å². The van der Waals surface area contributed by atoms with Gasteiger partial charge in [-0.2, -0.15) is 15.0 Å². The van der Waals surface area contributed by atoms with Crippen molar-refractivity contribution in [3.05, 3.63) is 99.1 Å². The minimum Gasteiger partial charge on any atom is -0.487 e. The molecule has 0 fully saturated rings. The second kappa shape index (κ2) is 12.3. The van der Waals surface area contributed by atoms with Crippen molar-refractivity contribution in [2.75, 3.05) is 0 Å². The maximum atomic E-state index is 13.3. The zero-order valence-electron chi connectivity index (χ0n) is 19.3. The van der Waals surface area contributed by atoms with Crippen LogP contribution in [0.5, 0.6) is 5.75 Å². The number of aromatic nitrogens is 2. The molecule has 4 aromatic rings. The third kappa shape index (κ3) is 6.15. The maximum absolute atomic E-state index is 13.3. The second-order valence-electron chi connectivity index (χ2n) is 8.03. The first-order valence-electron chi connectivity index (χ1n) is 11.3. The molecule has 0 spiro atoms. The SMILES string of the molecule is CCCCc1nc2ccc(Br)cc2c(=O)n1N=Cc1cc(I)c(OCc2ccccc2C#N)c(I)c1. The maximum Gasteiger partial charge on any atom is 0.282 e. The van der Waals surface area contributed by atoms with Crippen molar-refractivity contribution in [1.82, 2.24) is 9.66 Å². The summed E-state index contributed by atoms with van der Waals surface area (Å²) in [6, 6.07) is 19.0. The van der Waals surface area contributed by atoms with Crippen molar-refractivity contribution in [3.8, 4) is 11.8 Å². The van der Waals surface area contributed by atoms with Crippen molar-refractivity contribution in [1.29, 1.82) is 5.26 Å². The van der Waals surface area contributed by atoms with E-state index >= 15 is 0 Å². The molecule has 0 aliphatic heterocycles. The first kappa shape index (κ1) is 26.8. The minimum absolute atomic E-state index is 0.191. The number of benzene rings is 3. The number of fused-ring (bicyclic) bond motifs is 1. The van der Waals surface area contributed by atoms with Crippen molar-refractivity contribution < 1.29 is 4.74 Å². The molecule has 0 aliphatic rings. The highest BCUT2D eigenvalue weighted by molar-refractivity contribution is 14.1. The van der Waals surface area contributed by atoms with Crippen molar-refractivity contribution in [3.63, 3.8) is 0 Å². The molecule has 9 heteroatoms. The number of rotatable bonds is 8. The molecule has 6 nitrogen and oxygen atoms in total. The minimum atomic E-state index is -0.191. The molecule has 1 aromatic heterocycles. The normalized spacial score (nSPS) is 11.2. The summed E-state index contributed by atoms with van der Waals surface area (Å²) in [5.41, 5.74) is 2.77. The summed E-state index contributed by atoms with van der Waals surface area (Å²) in [5.74, 6) is 1.40. The number of nitriles is 1. The van der Waals surface area contributed by atoms with Gasteiger partial charge in [0.1, 0.15) is 18.2 Å². The monoisotopic (exact) mass is 766 g/mol. The van der Waals surface area contributed by atoms with Crippen LogP contribution in [0.1, 0.15) is 42.3 Å². The van der Waals surface area contributed by atoms with E-state index < -0.39 is 0 Å². The standard InChI is InChI=1S/C27H21BrI2N4O2/c1-2-3-8-25-33-24-10-9-20(28)13-21(24)27(35)34(25)32-15-17-11-22(29)26(23(30)12-17)36-16-19-7-5-4-6-18(19)14-31/h4-7,9-13,15H,2-3,8,16H2,1H3. The Hall–Kier alpha value is -2.30. The fourth-order valence-electron chi connectivity index (χ4n) is 3.63. The average molecular weight is 767 g/mol. The largest absolute Gasteiger partial charge is 0.487 e. The number of hydrogen-bond acceptors (Lipinski definition) is 5. The van der Waals surface area contributed by atoms with Gasteiger partial charge in [0.05, 0.1) is 35.9 Å². The third-order valence-corrected chi connectivity index (χ3v) is 7.58. The van der Waals surface area contributed by atoms with Gasteiger partial charge in [0.25, 0.3) is 5.56 Å². The number of hydrogen-bond donors (Lipinski definition) is 0.